The van der Waals surface area contributed by atoms with Crippen molar-refractivity contribution in [3.63, 3.8) is 0 Å². The minimum Gasteiger partial charge on any atom is -0.348 e. The van der Waals surface area contributed by atoms with Gasteiger partial charge in [-0.2, -0.15) is 0 Å². The molecule has 0 atom stereocenters. The lowest BCUT2D eigenvalue weighted by molar-refractivity contribution is 1.31. The van der Waals surface area contributed by atoms with E-state index in [9.17, 15) is 0 Å². The maximum absolute atomic E-state index is 5.29. The molecule has 1 heterocycles. The summed E-state index contributed by atoms with van der Waals surface area (Å²) >= 11 is 5.29. The number of rotatable bonds is 1. The number of nitrogens with zero attached hydrogens (tertiary/aromatic N) is 1. The first-order valence-corrected chi connectivity index (χ1v) is 6.65. The Bertz CT molecular complexity index is 660. The number of benzene rings is 2. The molecule has 1 N–H and O–H groups in total. The highest BCUT2D eigenvalue weighted by Crippen LogP contribution is 2.24. The first-order valence-electron chi connectivity index (χ1n) is 6.25. The van der Waals surface area contributed by atoms with Crippen molar-refractivity contribution >= 4 is 28.6 Å². The zero-order valence-corrected chi connectivity index (χ0v) is 11.5. The van der Waals surface area contributed by atoms with Gasteiger partial charge in [0.15, 0.2) is 0 Å². The van der Waals surface area contributed by atoms with Crippen molar-refractivity contribution in [3.8, 4) is 0 Å². The zero-order valence-electron chi connectivity index (χ0n) is 10.7. The van der Waals surface area contributed by atoms with E-state index < -0.39 is 0 Å². The summed E-state index contributed by atoms with van der Waals surface area (Å²) in [6, 6.07) is 16.6. The molecule has 0 saturated carbocycles. The van der Waals surface area contributed by atoms with E-state index >= 15 is 0 Å². The Morgan fingerprint density at radius 3 is 2.68 bits per heavy atom. The summed E-state index contributed by atoms with van der Waals surface area (Å²) in [5, 5.41) is 3.27. The van der Waals surface area contributed by atoms with Gasteiger partial charge in [-0.3, -0.25) is 4.99 Å². The van der Waals surface area contributed by atoms with E-state index in [2.05, 4.69) is 47.6 Å². The molecule has 1 aliphatic heterocycles. The number of benzodiazepines with no additional fused rings is 1. The lowest BCUT2D eigenvalue weighted by atomic mass is 9.99. The van der Waals surface area contributed by atoms with Gasteiger partial charge in [-0.1, -0.05) is 54.2 Å². The minimum atomic E-state index is 0.535. The van der Waals surface area contributed by atoms with Crippen LogP contribution in [-0.4, -0.2) is 17.2 Å². The molecule has 0 aliphatic carbocycles. The third kappa shape index (κ3) is 2.42. The van der Waals surface area contributed by atoms with E-state index in [1.54, 1.807) is 0 Å². The van der Waals surface area contributed by atoms with Crippen LogP contribution < -0.4 is 5.32 Å². The second-order valence-electron chi connectivity index (χ2n) is 4.63. The topological polar surface area (TPSA) is 24.4 Å². The maximum Gasteiger partial charge on any atom is 0.102 e. The SMILES string of the molecule is Cc1ccc2c(c1)C(c1ccccc1)=NCC(=S)N2. The average molecular weight is 266 g/mol. The fourth-order valence-electron chi connectivity index (χ4n) is 2.23. The van der Waals surface area contributed by atoms with Crippen LogP contribution in [0.1, 0.15) is 16.7 Å². The summed E-state index contributed by atoms with van der Waals surface area (Å²) in [6.07, 6.45) is 0. The highest BCUT2D eigenvalue weighted by atomic mass is 32.1. The molecule has 2 aromatic rings. The quantitative estimate of drug-likeness (QED) is 0.798. The van der Waals surface area contributed by atoms with E-state index in [1.807, 2.05) is 18.2 Å². The van der Waals surface area contributed by atoms with Crippen molar-refractivity contribution in [2.45, 2.75) is 6.92 Å². The number of hydrogen-bond donors (Lipinski definition) is 1. The molecule has 3 heteroatoms. The predicted octanol–water partition coefficient (Wildman–Crippen LogP) is 3.59. The van der Waals surface area contributed by atoms with Crippen molar-refractivity contribution in [3.05, 3.63) is 65.2 Å². The first-order chi connectivity index (χ1) is 9.24. The summed E-state index contributed by atoms with van der Waals surface area (Å²) in [5.41, 5.74) is 5.51. The van der Waals surface area contributed by atoms with Gasteiger partial charge in [0.25, 0.3) is 0 Å². The first kappa shape index (κ1) is 12.1. The molecule has 0 unspecified atom stereocenters. The van der Waals surface area contributed by atoms with Crippen LogP contribution in [0.25, 0.3) is 0 Å². The molecule has 0 bridgehead atoms. The number of anilines is 1. The molecule has 94 valence electrons. The lowest BCUT2D eigenvalue weighted by Gasteiger charge is -2.11. The van der Waals surface area contributed by atoms with Gasteiger partial charge in [0, 0.05) is 16.8 Å². The molecule has 2 nitrogen and oxygen atoms in total. The van der Waals surface area contributed by atoms with Crippen LogP contribution in [-0.2, 0) is 0 Å². The normalized spacial score (nSPS) is 14.2. The molecule has 1 aliphatic rings. The van der Waals surface area contributed by atoms with E-state index in [-0.39, 0.29) is 0 Å². The molecule has 3 rings (SSSR count). The summed E-state index contributed by atoms with van der Waals surface area (Å²) in [6.45, 7) is 2.62. The monoisotopic (exact) mass is 266 g/mol. The standard InChI is InChI=1S/C16H14N2S/c1-11-7-8-14-13(9-11)16(17-10-15(19)18-14)12-5-3-2-4-6-12/h2-9H,10H2,1H3,(H,18,19). The van der Waals surface area contributed by atoms with Crippen LogP contribution in [0.4, 0.5) is 5.69 Å². The number of nitrogens with one attached hydrogen (secondary N) is 1. The van der Waals surface area contributed by atoms with Gasteiger partial charge in [-0.05, 0) is 19.1 Å². The average Bonchev–Trinajstić information content (AvgIpc) is 2.58. The molecule has 0 aromatic heterocycles. The van der Waals surface area contributed by atoms with E-state index in [0.717, 1.165) is 27.5 Å². The Hall–Kier alpha value is -2.00. The van der Waals surface area contributed by atoms with Crippen LogP contribution in [0.3, 0.4) is 0 Å². The molecule has 0 fully saturated rings. The zero-order chi connectivity index (χ0) is 13.2. The number of thiocarbonyl (C=S) groups is 1. The summed E-state index contributed by atoms with van der Waals surface area (Å²) in [7, 11) is 0. The van der Waals surface area contributed by atoms with Crippen molar-refractivity contribution in [1.82, 2.24) is 0 Å². The van der Waals surface area contributed by atoms with Crippen molar-refractivity contribution in [2.24, 2.45) is 4.99 Å². The van der Waals surface area contributed by atoms with Gasteiger partial charge in [0.05, 0.1) is 12.3 Å². The Kier molecular flexibility index (Phi) is 3.13. The predicted molar refractivity (Wildman–Crippen MR) is 84.3 cm³/mol. The van der Waals surface area contributed by atoms with Crippen LogP contribution in [0, 0.1) is 6.92 Å². The van der Waals surface area contributed by atoms with Crippen molar-refractivity contribution in [1.29, 1.82) is 0 Å². The second kappa shape index (κ2) is 4.94. The van der Waals surface area contributed by atoms with Gasteiger partial charge >= 0.3 is 0 Å². The largest absolute Gasteiger partial charge is 0.348 e. The fourth-order valence-corrected chi connectivity index (χ4v) is 2.41. The third-order valence-electron chi connectivity index (χ3n) is 3.13. The van der Waals surface area contributed by atoms with Crippen molar-refractivity contribution in [2.75, 3.05) is 11.9 Å². The van der Waals surface area contributed by atoms with Crippen LogP contribution in [0.2, 0.25) is 0 Å². The molecule has 0 amide bonds. The van der Waals surface area contributed by atoms with Crippen LogP contribution in [0.5, 0.6) is 0 Å². The Balaban J connectivity index is 2.20. The van der Waals surface area contributed by atoms with Gasteiger partial charge in [0.2, 0.25) is 0 Å². The van der Waals surface area contributed by atoms with Gasteiger partial charge in [-0.15, -0.1) is 0 Å². The maximum atomic E-state index is 5.29. The fraction of sp³-hybridized carbons (Fsp3) is 0.125. The Labute approximate surface area is 118 Å². The van der Waals surface area contributed by atoms with Crippen molar-refractivity contribution < 1.29 is 0 Å². The number of aliphatic imine (C=N–C) groups is 1. The molecule has 0 saturated heterocycles. The lowest BCUT2D eigenvalue weighted by Crippen LogP contribution is -2.10. The van der Waals surface area contributed by atoms with E-state index in [0.29, 0.717) is 6.54 Å². The second-order valence-corrected chi connectivity index (χ2v) is 5.12. The highest BCUT2D eigenvalue weighted by molar-refractivity contribution is 7.80. The molecular formula is C16H14N2S. The van der Waals surface area contributed by atoms with Gasteiger partial charge in [0.1, 0.15) is 4.99 Å². The Morgan fingerprint density at radius 2 is 1.89 bits per heavy atom. The van der Waals surface area contributed by atoms with Gasteiger partial charge < -0.3 is 5.32 Å². The summed E-state index contributed by atoms with van der Waals surface area (Å²) in [5.74, 6) is 0. The smallest absolute Gasteiger partial charge is 0.102 e. The summed E-state index contributed by atoms with van der Waals surface area (Å²) in [4.78, 5) is 5.43. The molecule has 19 heavy (non-hydrogen) atoms. The third-order valence-corrected chi connectivity index (χ3v) is 3.36. The van der Waals surface area contributed by atoms with Crippen LogP contribution >= 0.6 is 12.2 Å². The van der Waals surface area contributed by atoms with E-state index in [4.69, 9.17) is 12.2 Å². The minimum absolute atomic E-state index is 0.535. The number of hydrogen-bond acceptors (Lipinski definition) is 2. The summed E-state index contributed by atoms with van der Waals surface area (Å²) < 4.78 is 0. The molecule has 0 spiro atoms. The molecule has 0 radical (unpaired) electrons. The molecular weight excluding hydrogens is 252 g/mol. The van der Waals surface area contributed by atoms with Gasteiger partial charge in [-0.25, -0.2) is 0 Å². The van der Waals surface area contributed by atoms with E-state index in [1.165, 1.54) is 5.56 Å². The number of fused-ring (bicyclic) bond motifs is 1. The number of aryl methyl sites for hydroxylation is 1. The highest BCUT2D eigenvalue weighted by Gasteiger charge is 2.16. The Morgan fingerprint density at radius 1 is 1.11 bits per heavy atom. The molecule has 2 aromatic carbocycles. The van der Waals surface area contributed by atoms with Crippen LogP contribution in [0.15, 0.2) is 53.5 Å².